The highest BCUT2D eigenvalue weighted by atomic mass is 32.2. The van der Waals surface area contributed by atoms with E-state index >= 15 is 0 Å². The fourth-order valence-electron chi connectivity index (χ4n) is 2.81. The van der Waals surface area contributed by atoms with E-state index in [0.29, 0.717) is 16.6 Å². The number of pyridine rings is 1. The molecular formula is C20H21N3O3S. The molecule has 6 nitrogen and oxygen atoms in total. The number of benzene rings is 2. The van der Waals surface area contributed by atoms with Gasteiger partial charge in [-0.05, 0) is 49.7 Å². The Balaban J connectivity index is 1.83. The van der Waals surface area contributed by atoms with E-state index in [-0.39, 0.29) is 11.4 Å². The minimum atomic E-state index is -3.84. The van der Waals surface area contributed by atoms with E-state index in [4.69, 9.17) is 0 Å². The van der Waals surface area contributed by atoms with Crippen molar-refractivity contribution >= 4 is 32.5 Å². The Morgan fingerprint density at radius 1 is 1.07 bits per heavy atom. The van der Waals surface area contributed by atoms with Crippen molar-refractivity contribution in [2.45, 2.75) is 18.7 Å². The molecule has 0 aliphatic rings. The largest absolute Gasteiger partial charge is 0.325 e. The van der Waals surface area contributed by atoms with E-state index in [1.807, 2.05) is 26.0 Å². The van der Waals surface area contributed by atoms with Crippen LogP contribution in [0.5, 0.6) is 0 Å². The zero-order chi connectivity index (χ0) is 19.6. The Morgan fingerprint density at radius 3 is 2.48 bits per heavy atom. The molecule has 0 bridgehead atoms. The van der Waals surface area contributed by atoms with Crippen molar-refractivity contribution < 1.29 is 13.2 Å². The first kappa shape index (κ1) is 19.0. The molecule has 27 heavy (non-hydrogen) atoms. The third kappa shape index (κ3) is 3.99. The van der Waals surface area contributed by atoms with Gasteiger partial charge in [-0.2, -0.15) is 4.31 Å². The molecular weight excluding hydrogens is 362 g/mol. The standard InChI is InChI=1S/C20H21N3O3S/c1-14-6-9-16(10-7-14)22-19(24)13-23(3)27(25,26)18-11-8-15(2)20-17(18)5-4-12-21-20/h4-12H,13H2,1-3H3,(H,22,24). The summed E-state index contributed by atoms with van der Waals surface area (Å²) in [5.74, 6) is -0.403. The maximum Gasteiger partial charge on any atom is 0.243 e. The maximum absolute atomic E-state index is 13.0. The molecule has 1 aromatic heterocycles. The molecule has 3 aromatic rings. The second-order valence-corrected chi connectivity index (χ2v) is 8.47. The van der Waals surface area contributed by atoms with Crippen LogP contribution in [0.25, 0.3) is 10.9 Å². The number of sulfonamides is 1. The summed E-state index contributed by atoms with van der Waals surface area (Å²) < 4.78 is 27.1. The summed E-state index contributed by atoms with van der Waals surface area (Å²) in [7, 11) is -2.45. The van der Waals surface area contributed by atoms with Crippen LogP contribution in [0.15, 0.2) is 59.6 Å². The lowest BCUT2D eigenvalue weighted by molar-refractivity contribution is -0.116. The van der Waals surface area contributed by atoms with Crippen LogP contribution >= 0.6 is 0 Å². The minimum Gasteiger partial charge on any atom is -0.325 e. The van der Waals surface area contributed by atoms with Crippen molar-refractivity contribution in [1.82, 2.24) is 9.29 Å². The second-order valence-electron chi connectivity index (χ2n) is 6.46. The summed E-state index contributed by atoms with van der Waals surface area (Å²) in [6.45, 7) is 3.54. The van der Waals surface area contributed by atoms with Crippen molar-refractivity contribution in [2.24, 2.45) is 0 Å². The van der Waals surface area contributed by atoms with Gasteiger partial charge < -0.3 is 5.32 Å². The van der Waals surface area contributed by atoms with Crippen molar-refractivity contribution in [3.8, 4) is 0 Å². The first-order valence-electron chi connectivity index (χ1n) is 8.46. The normalized spacial score (nSPS) is 11.7. The van der Waals surface area contributed by atoms with Crippen molar-refractivity contribution in [2.75, 3.05) is 18.9 Å². The fraction of sp³-hybridized carbons (Fsp3) is 0.200. The van der Waals surface area contributed by atoms with Crippen LogP contribution in [0.1, 0.15) is 11.1 Å². The molecule has 0 saturated carbocycles. The van der Waals surface area contributed by atoms with Gasteiger partial charge in [0.15, 0.2) is 0 Å². The number of aromatic nitrogens is 1. The molecule has 3 rings (SSSR count). The van der Waals surface area contributed by atoms with Crippen molar-refractivity contribution in [3.05, 3.63) is 65.9 Å². The van der Waals surface area contributed by atoms with Gasteiger partial charge >= 0.3 is 0 Å². The van der Waals surface area contributed by atoms with Crippen LogP contribution in [-0.4, -0.2) is 37.2 Å². The molecule has 0 aliphatic heterocycles. The van der Waals surface area contributed by atoms with Crippen LogP contribution < -0.4 is 5.32 Å². The Kier molecular flexibility index (Phi) is 5.25. The number of anilines is 1. The van der Waals surface area contributed by atoms with E-state index in [9.17, 15) is 13.2 Å². The van der Waals surface area contributed by atoms with Crippen LogP contribution in [-0.2, 0) is 14.8 Å². The molecule has 1 N–H and O–H groups in total. The molecule has 0 spiro atoms. The third-order valence-corrected chi connectivity index (χ3v) is 6.18. The molecule has 0 saturated heterocycles. The van der Waals surface area contributed by atoms with Crippen LogP contribution in [0.3, 0.4) is 0 Å². The molecule has 2 aromatic carbocycles. The molecule has 1 amide bonds. The highest BCUT2D eigenvalue weighted by molar-refractivity contribution is 7.89. The van der Waals surface area contributed by atoms with Crippen LogP contribution in [0.2, 0.25) is 0 Å². The Labute approximate surface area is 158 Å². The van der Waals surface area contributed by atoms with E-state index in [1.165, 1.54) is 7.05 Å². The summed E-state index contributed by atoms with van der Waals surface area (Å²) in [6.07, 6.45) is 1.63. The summed E-state index contributed by atoms with van der Waals surface area (Å²) in [5.41, 5.74) is 3.23. The quantitative estimate of drug-likeness (QED) is 0.734. The summed E-state index contributed by atoms with van der Waals surface area (Å²) in [6, 6.07) is 14.0. The molecule has 140 valence electrons. The molecule has 1 heterocycles. The average Bonchev–Trinajstić information content (AvgIpc) is 2.64. The molecule has 7 heteroatoms. The number of nitrogens with one attached hydrogen (secondary N) is 1. The lowest BCUT2D eigenvalue weighted by atomic mass is 10.1. The van der Waals surface area contributed by atoms with Gasteiger partial charge in [0.25, 0.3) is 0 Å². The van der Waals surface area contributed by atoms with Gasteiger partial charge in [-0.1, -0.05) is 23.8 Å². The first-order valence-corrected chi connectivity index (χ1v) is 9.90. The van der Waals surface area contributed by atoms with E-state index in [0.717, 1.165) is 15.4 Å². The number of hydrogen-bond acceptors (Lipinski definition) is 4. The fourth-order valence-corrected chi connectivity index (χ4v) is 4.11. The Bertz CT molecular complexity index is 1090. The van der Waals surface area contributed by atoms with E-state index in [1.54, 1.807) is 42.6 Å². The summed E-state index contributed by atoms with van der Waals surface area (Å²) in [5, 5.41) is 3.26. The molecule has 0 atom stereocenters. The molecule has 0 fully saturated rings. The molecule has 0 unspecified atom stereocenters. The highest BCUT2D eigenvalue weighted by Gasteiger charge is 2.25. The number of hydrogen-bond donors (Lipinski definition) is 1. The average molecular weight is 383 g/mol. The van der Waals surface area contributed by atoms with E-state index in [2.05, 4.69) is 10.3 Å². The predicted molar refractivity (Wildman–Crippen MR) is 106 cm³/mol. The number of amides is 1. The van der Waals surface area contributed by atoms with Crippen molar-refractivity contribution in [3.63, 3.8) is 0 Å². The van der Waals surface area contributed by atoms with Gasteiger partial charge in [-0.3, -0.25) is 9.78 Å². The zero-order valence-electron chi connectivity index (χ0n) is 15.4. The lowest BCUT2D eigenvalue weighted by Gasteiger charge is -2.18. The van der Waals surface area contributed by atoms with Gasteiger partial charge in [-0.15, -0.1) is 0 Å². The molecule has 0 radical (unpaired) electrons. The monoisotopic (exact) mass is 383 g/mol. The maximum atomic E-state index is 13.0. The minimum absolute atomic E-state index is 0.141. The predicted octanol–water partition coefficient (Wildman–Crippen LogP) is 3.11. The van der Waals surface area contributed by atoms with Gasteiger partial charge in [0, 0.05) is 24.3 Å². The number of rotatable bonds is 5. The third-order valence-electron chi connectivity index (χ3n) is 4.32. The number of likely N-dealkylation sites (N-methyl/N-ethyl adjacent to an activating group) is 1. The lowest BCUT2D eigenvalue weighted by Crippen LogP contribution is -2.35. The summed E-state index contributed by atoms with van der Waals surface area (Å²) >= 11 is 0. The summed E-state index contributed by atoms with van der Waals surface area (Å²) in [4.78, 5) is 16.7. The highest BCUT2D eigenvalue weighted by Crippen LogP contribution is 2.26. The van der Waals surface area contributed by atoms with Gasteiger partial charge in [0.05, 0.1) is 17.0 Å². The Morgan fingerprint density at radius 2 is 1.78 bits per heavy atom. The number of fused-ring (bicyclic) bond motifs is 1. The number of nitrogens with zero attached hydrogens (tertiary/aromatic N) is 2. The van der Waals surface area contributed by atoms with Gasteiger partial charge in [0.2, 0.25) is 15.9 Å². The van der Waals surface area contributed by atoms with Gasteiger partial charge in [0.1, 0.15) is 0 Å². The number of aryl methyl sites for hydroxylation is 2. The Hall–Kier alpha value is -2.77. The van der Waals surface area contributed by atoms with Crippen LogP contribution in [0.4, 0.5) is 5.69 Å². The molecule has 0 aliphatic carbocycles. The van der Waals surface area contributed by atoms with E-state index < -0.39 is 15.9 Å². The second kappa shape index (κ2) is 7.46. The van der Waals surface area contributed by atoms with Crippen LogP contribution in [0, 0.1) is 13.8 Å². The number of carbonyl (C=O) groups excluding carboxylic acids is 1. The van der Waals surface area contributed by atoms with Gasteiger partial charge in [-0.25, -0.2) is 8.42 Å². The zero-order valence-corrected chi connectivity index (χ0v) is 16.2. The topological polar surface area (TPSA) is 79.4 Å². The SMILES string of the molecule is Cc1ccc(NC(=O)CN(C)S(=O)(=O)c2ccc(C)c3ncccc23)cc1. The number of carbonyl (C=O) groups is 1. The first-order chi connectivity index (χ1) is 12.8. The smallest absolute Gasteiger partial charge is 0.243 e. The van der Waals surface area contributed by atoms with Crippen molar-refractivity contribution in [1.29, 1.82) is 0 Å².